The minimum atomic E-state index is 0.510. The number of hydrogen-bond acceptors (Lipinski definition) is 3. The van der Waals surface area contributed by atoms with Gasteiger partial charge >= 0.3 is 0 Å². The van der Waals surface area contributed by atoms with Gasteiger partial charge in [0, 0.05) is 38.3 Å². The molecule has 1 heterocycles. The Morgan fingerprint density at radius 3 is 2.77 bits per heavy atom. The Bertz CT molecular complexity index is 170. The summed E-state index contributed by atoms with van der Waals surface area (Å²) in [6.45, 7) is 9.93. The van der Waals surface area contributed by atoms with Crippen molar-refractivity contribution in [3.63, 3.8) is 0 Å². The summed E-state index contributed by atoms with van der Waals surface area (Å²) in [5.74, 6) is 0. The summed E-state index contributed by atoms with van der Waals surface area (Å²) in [6, 6.07) is 1.13. The van der Waals surface area contributed by atoms with E-state index in [0.717, 1.165) is 26.2 Å². The Balaban J connectivity index is 2.52. The average Bonchev–Trinajstić information content (AvgIpc) is 2.10. The molecule has 0 amide bonds. The molecule has 76 valence electrons. The highest BCUT2D eigenvalue weighted by Crippen LogP contribution is 2.12. The van der Waals surface area contributed by atoms with Crippen LogP contribution in [0.4, 0.5) is 0 Å². The van der Waals surface area contributed by atoms with Crippen LogP contribution in [0.15, 0.2) is 12.7 Å². The lowest BCUT2D eigenvalue weighted by Gasteiger charge is -2.43. The maximum atomic E-state index is 5.70. The van der Waals surface area contributed by atoms with Crippen molar-refractivity contribution >= 4 is 0 Å². The van der Waals surface area contributed by atoms with E-state index in [2.05, 4.69) is 30.4 Å². The van der Waals surface area contributed by atoms with Gasteiger partial charge < -0.3 is 5.73 Å². The fraction of sp³-hybridized carbons (Fsp3) is 0.800. The van der Waals surface area contributed by atoms with Gasteiger partial charge in [-0.2, -0.15) is 0 Å². The van der Waals surface area contributed by atoms with Gasteiger partial charge in [0.2, 0.25) is 0 Å². The van der Waals surface area contributed by atoms with Crippen molar-refractivity contribution in [3.8, 4) is 0 Å². The molecule has 2 atom stereocenters. The normalized spacial score (nSPS) is 31.9. The summed E-state index contributed by atoms with van der Waals surface area (Å²) >= 11 is 0. The molecule has 0 radical (unpaired) electrons. The summed E-state index contributed by atoms with van der Waals surface area (Å²) in [5, 5.41) is 0. The van der Waals surface area contributed by atoms with E-state index < -0.39 is 0 Å². The third kappa shape index (κ3) is 2.53. The molecule has 0 aromatic heterocycles. The molecular weight excluding hydrogens is 162 g/mol. The highest BCUT2D eigenvalue weighted by atomic mass is 15.3. The molecule has 1 fully saturated rings. The maximum Gasteiger partial charge on any atom is 0.0343 e. The van der Waals surface area contributed by atoms with Crippen LogP contribution in [0, 0.1) is 0 Å². The zero-order valence-electron chi connectivity index (χ0n) is 8.74. The van der Waals surface area contributed by atoms with Crippen LogP contribution in [-0.4, -0.2) is 55.1 Å². The Hall–Kier alpha value is -0.380. The number of rotatable bonds is 3. The fourth-order valence-corrected chi connectivity index (χ4v) is 1.95. The van der Waals surface area contributed by atoms with Crippen molar-refractivity contribution in [2.75, 3.05) is 33.2 Å². The van der Waals surface area contributed by atoms with Crippen molar-refractivity contribution in [2.45, 2.75) is 19.0 Å². The van der Waals surface area contributed by atoms with Crippen molar-refractivity contribution < 1.29 is 0 Å². The third-order valence-electron chi connectivity index (χ3n) is 2.88. The second-order valence-corrected chi connectivity index (χ2v) is 3.92. The lowest BCUT2D eigenvalue weighted by Crippen LogP contribution is -2.58. The maximum absolute atomic E-state index is 5.70. The number of likely N-dealkylation sites (N-methyl/N-ethyl adjacent to an activating group) is 1. The van der Waals surface area contributed by atoms with Crippen molar-refractivity contribution in [2.24, 2.45) is 5.73 Å². The predicted octanol–water partition coefficient (Wildman–Crippen LogP) is 0.136. The SMILES string of the molecule is C=CCN1CC(CN)N(C)CC1C. The highest BCUT2D eigenvalue weighted by Gasteiger charge is 2.27. The van der Waals surface area contributed by atoms with E-state index in [-0.39, 0.29) is 0 Å². The Labute approximate surface area is 81.2 Å². The second kappa shape index (κ2) is 4.74. The molecule has 1 rings (SSSR count). The molecule has 3 nitrogen and oxygen atoms in total. The van der Waals surface area contributed by atoms with Crippen LogP contribution in [0.1, 0.15) is 6.92 Å². The average molecular weight is 183 g/mol. The van der Waals surface area contributed by atoms with Gasteiger partial charge in [-0.25, -0.2) is 0 Å². The van der Waals surface area contributed by atoms with E-state index >= 15 is 0 Å². The van der Waals surface area contributed by atoms with E-state index in [0.29, 0.717) is 12.1 Å². The van der Waals surface area contributed by atoms with E-state index in [1.165, 1.54) is 0 Å². The molecule has 1 saturated heterocycles. The molecule has 0 bridgehead atoms. The Kier molecular flexibility index (Phi) is 3.90. The van der Waals surface area contributed by atoms with Crippen molar-refractivity contribution in [1.82, 2.24) is 9.80 Å². The minimum Gasteiger partial charge on any atom is -0.329 e. The zero-order valence-corrected chi connectivity index (χ0v) is 8.74. The first kappa shape index (κ1) is 10.7. The minimum absolute atomic E-state index is 0.510. The number of nitrogens with zero attached hydrogens (tertiary/aromatic N) is 2. The lowest BCUT2D eigenvalue weighted by atomic mass is 10.1. The molecular formula is C10H21N3. The van der Waals surface area contributed by atoms with Crippen LogP contribution >= 0.6 is 0 Å². The molecule has 2 unspecified atom stereocenters. The van der Waals surface area contributed by atoms with Crippen LogP contribution in [0.5, 0.6) is 0 Å². The molecule has 0 aromatic rings. The van der Waals surface area contributed by atoms with Gasteiger partial charge in [0.05, 0.1) is 0 Å². The summed E-state index contributed by atoms with van der Waals surface area (Å²) in [7, 11) is 2.15. The first-order valence-electron chi connectivity index (χ1n) is 4.94. The largest absolute Gasteiger partial charge is 0.329 e. The van der Waals surface area contributed by atoms with E-state index in [4.69, 9.17) is 5.73 Å². The van der Waals surface area contributed by atoms with E-state index in [1.54, 1.807) is 0 Å². The number of nitrogens with two attached hydrogens (primary N) is 1. The Morgan fingerprint density at radius 1 is 1.54 bits per heavy atom. The monoisotopic (exact) mass is 183 g/mol. The van der Waals surface area contributed by atoms with E-state index in [9.17, 15) is 0 Å². The Morgan fingerprint density at radius 2 is 2.23 bits per heavy atom. The fourth-order valence-electron chi connectivity index (χ4n) is 1.95. The molecule has 13 heavy (non-hydrogen) atoms. The molecule has 1 aliphatic heterocycles. The lowest BCUT2D eigenvalue weighted by molar-refractivity contribution is 0.0647. The third-order valence-corrected chi connectivity index (χ3v) is 2.88. The predicted molar refractivity (Wildman–Crippen MR) is 56.7 cm³/mol. The van der Waals surface area contributed by atoms with Gasteiger partial charge in [-0.3, -0.25) is 9.80 Å². The standard InChI is InChI=1S/C10H21N3/c1-4-5-13-8-10(6-11)12(3)7-9(13)2/h4,9-10H,1,5-8,11H2,2-3H3. The summed E-state index contributed by atoms with van der Waals surface area (Å²) in [5.41, 5.74) is 5.70. The van der Waals surface area contributed by atoms with Crippen LogP contribution in [0.2, 0.25) is 0 Å². The molecule has 3 heteroatoms. The quantitative estimate of drug-likeness (QED) is 0.632. The van der Waals surface area contributed by atoms with Gasteiger partial charge in [-0.15, -0.1) is 6.58 Å². The first-order chi connectivity index (χ1) is 6.19. The van der Waals surface area contributed by atoms with Crippen LogP contribution in [0.3, 0.4) is 0 Å². The molecule has 0 aliphatic carbocycles. The highest BCUT2D eigenvalue weighted by molar-refractivity contribution is 4.88. The van der Waals surface area contributed by atoms with Gasteiger partial charge in [-0.05, 0) is 14.0 Å². The molecule has 0 spiro atoms. The molecule has 1 aliphatic rings. The van der Waals surface area contributed by atoms with Crippen molar-refractivity contribution in [3.05, 3.63) is 12.7 Å². The molecule has 2 N–H and O–H groups in total. The summed E-state index contributed by atoms with van der Waals surface area (Å²) < 4.78 is 0. The molecule has 0 aromatic carbocycles. The smallest absolute Gasteiger partial charge is 0.0343 e. The number of piperazine rings is 1. The van der Waals surface area contributed by atoms with Crippen LogP contribution in [0.25, 0.3) is 0 Å². The van der Waals surface area contributed by atoms with Crippen LogP contribution in [-0.2, 0) is 0 Å². The second-order valence-electron chi connectivity index (χ2n) is 3.92. The summed E-state index contributed by atoms with van der Waals surface area (Å²) in [4.78, 5) is 4.79. The van der Waals surface area contributed by atoms with Gasteiger partial charge in [0.1, 0.15) is 0 Å². The molecule has 0 saturated carbocycles. The zero-order chi connectivity index (χ0) is 9.84. The first-order valence-corrected chi connectivity index (χ1v) is 4.94. The summed E-state index contributed by atoms with van der Waals surface area (Å²) in [6.07, 6.45) is 1.97. The van der Waals surface area contributed by atoms with Gasteiger partial charge in [0.15, 0.2) is 0 Å². The topological polar surface area (TPSA) is 32.5 Å². The van der Waals surface area contributed by atoms with Crippen LogP contribution < -0.4 is 5.73 Å². The van der Waals surface area contributed by atoms with Crippen molar-refractivity contribution in [1.29, 1.82) is 0 Å². The van der Waals surface area contributed by atoms with E-state index in [1.807, 2.05) is 6.08 Å². The van der Waals surface area contributed by atoms with Gasteiger partial charge in [-0.1, -0.05) is 6.08 Å². The number of hydrogen-bond donors (Lipinski definition) is 1. The van der Waals surface area contributed by atoms with Gasteiger partial charge in [0.25, 0.3) is 0 Å².